The lowest BCUT2D eigenvalue weighted by atomic mass is 9.78. The smallest absolute Gasteiger partial charge is 0.162 e. The molecule has 5 aromatic rings. The summed E-state index contributed by atoms with van der Waals surface area (Å²) in [5, 5.41) is 37.8. The van der Waals surface area contributed by atoms with Gasteiger partial charge in [-0.2, -0.15) is 0 Å². The molecule has 2 saturated heterocycles. The summed E-state index contributed by atoms with van der Waals surface area (Å²) in [6.45, 7) is 3.48. The second-order valence-electron chi connectivity index (χ2n) is 12.9. The third kappa shape index (κ3) is 5.04. The summed E-state index contributed by atoms with van der Waals surface area (Å²) < 4.78 is 0. The van der Waals surface area contributed by atoms with Crippen LogP contribution in [-0.4, -0.2) is 40.5 Å². The zero-order chi connectivity index (χ0) is 31.7. The Morgan fingerprint density at radius 2 is 0.826 bits per heavy atom. The van der Waals surface area contributed by atoms with Crippen LogP contribution in [0.2, 0.25) is 0 Å². The van der Waals surface area contributed by atoms with Gasteiger partial charge in [-0.25, -0.2) is 0 Å². The number of phenolic OH excluding ortho intramolecular Hbond substituents is 1. The van der Waals surface area contributed by atoms with Crippen LogP contribution in [0.4, 0.5) is 11.4 Å². The van der Waals surface area contributed by atoms with E-state index in [4.69, 9.17) is 0 Å². The third-order valence-corrected chi connectivity index (χ3v) is 10.2. The van der Waals surface area contributed by atoms with E-state index in [2.05, 4.69) is 16.7 Å². The number of phenols is 1. The minimum Gasteiger partial charge on any atom is -0.504 e. The number of rotatable bonds is 8. The molecular formula is C41H42N2O3. The van der Waals surface area contributed by atoms with E-state index in [1.807, 2.05) is 133 Å². The maximum atomic E-state index is 12.8. The molecule has 2 fully saturated rings. The van der Waals surface area contributed by atoms with Gasteiger partial charge >= 0.3 is 0 Å². The van der Waals surface area contributed by atoms with E-state index in [0.29, 0.717) is 13.1 Å². The predicted octanol–water partition coefficient (Wildman–Crippen LogP) is 7.51. The average molecular weight is 611 g/mol. The molecule has 0 saturated carbocycles. The van der Waals surface area contributed by atoms with Gasteiger partial charge in [0.15, 0.2) is 5.75 Å². The monoisotopic (exact) mass is 610 g/mol. The lowest BCUT2D eigenvalue weighted by Gasteiger charge is -2.43. The van der Waals surface area contributed by atoms with Crippen LogP contribution >= 0.6 is 0 Å². The molecule has 2 atom stereocenters. The number of hydrogen-bond donors (Lipinski definition) is 3. The molecule has 0 amide bonds. The lowest BCUT2D eigenvalue weighted by molar-refractivity contribution is 0.0527. The van der Waals surface area contributed by atoms with Crippen LogP contribution in [0.5, 0.6) is 5.75 Å². The Kier molecular flexibility index (Phi) is 8.06. The number of anilines is 2. The minimum atomic E-state index is -1.29. The molecule has 0 bridgehead atoms. The largest absolute Gasteiger partial charge is 0.504 e. The number of hydrogen-bond acceptors (Lipinski definition) is 5. The molecule has 7 rings (SSSR count). The first-order chi connectivity index (χ1) is 22.4. The first-order valence-electron chi connectivity index (χ1n) is 16.5. The SMILES string of the molecule is Cc1cc(N2CCC[C@H]2C(O)(c2ccccc2)c2ccccc2)c(O)c(N2CCC[C@H]2C(O)(c2ccccc2)c2ccccc2)c1. The molecule has 0 radical (unpaired) electrons. The fraction of sp³-hybridized carbons (Fsp3) is 0.268. The molecule has 0 aliphatic carbocycles. The van der Waals surface area contributed by atoms with E-state index < -0.39 is 11.2 Å². The molecule has 5 nitrogen and oxygen atoms in total. The van der Waals surface area contributed by atoms with Crippen molar-refractivity contribution in [1.82, 2.24) is 0 Å². The Balaban J connectivity index is 1.33. The first-order valence-corrected chi connectivity index (χ1v) is 16.5. The van der Waals surface area contributed by atoms with Crippen LogP contribution < -0.4 is 9.80 Å². The topological polar surface area (TPSA) is 67.2 Å². The second-order valence-corrected chi connectivity index (χ2v) is 12.9. The van der Waals surface area contributed by atoms with E-state index in [-0.39, 0.29) is 17.8 Å². The van der Waals surface area contributed by atoms with E-state index >= 15 is 0 Å². The van der Waals surface area contributed by atoms with Crippen molar-refractivity contribution in [3.63, 3.8) is 0 Å². The highest BCUT2D eigenvalue weighted by atomic mass is 16.3. The molecule has 5 aromatic carbocycles. The van der Waals surface area contributed by atoms with Gasteiger partial charge in [0.2, 0.25) is 0 Å². The highest BCUT2D eigenvalue weighted by Crippen LogP contribution is 2.50. The molecule has 3 N–H and O–H groups in total. The van der Waals surface area contributed by atoms with Crippen LogP contribution in [0.1, 0.15) is 53.5 Å². The van der Waals surface area contributed by atoms with Gasteiger partial charge in [-0.15, -0.1) is 0 Å². The molecule has 2 aliphatic rings. The second kappa shape index (κ2) is 12.3. The molecule has 234 valence electrons. The molecule has 2 heterocycles. The van der Waals surface area contributed by atoms with Crippen molar-refractivity contribution in [1.29, 1.82) is 0 Å². The maximum Gasteiger partial charge on any atom is 0.162 e. The fourth-order valence-electron chi connectivity index (χ4n) is 8.03. The van der Waals surface area contributed by atoms with Gasteiger partial charge in [-0.3, -0.25) is 0 Å². The molecule has 5 heteroatoms. The summed E-state index contributed by atoms with van der Waals surface area (Å²) >= 11 is 0. The fourth-order valence-corrected chi connectivity index (χ4v) is 8.03. The molecule has 0 spiro atoms. The Bertz CT molecular complexity index is 1550. The standard InChI is InChI=1S/C41H42N2O3/c1-30-28-35(42-26-14-24-37(42)40(45,31-16-6-2-7-17-31)32-18-8-3-9-19-32)39(44)36(29-30)43-27-15-25-38(43)41(46,33-20-10-4-11-21-33)34-22-12-5-13-23-34/h2-13,16-23,28-29,37-38,44-46H,14-15,24-27H2,1H3/t37-,38-/m0/s1. The lowest BCUT2D eigenvalue weighted by Crippen LogP contribution is -2.49. The van der Waals surface area contributed by atoms with Crippen LogP contribution in [0.15, 0.2) is 133 Å². The van der Waals surface area contributed by atoms with Crippen LogP contribution in [0.3, 0.4) is 0 Å². The quantitative estimate of drug-likeness (QED) is 0.170. The minimum absolute atomic E-state index is 0.191. The van der Waals surface area contributed by atoms with Crippen molar-refractivity contribution in [2.75, 3.05) is 22.9 Å². The number of benzene rings is 5. The van der Waals surface area contributed by atoms with Crippen LogP contribution in [-0.2, 0) is 11.2 Å². The molecule has 0 unspecified atom stereocenters. The van der Waals surface area contributed by atoms with E-state index in [0.717, 1.165) is 64.9 Å². The van der Waals surface area contributed by atoms with Crippen molar-refractivity contribution in [3.8, 4) is 5.75 Å². The van der Waals surface area contributed by atoms with Crippen molar-refractivity contribution in [2.24, 2.45) is 0 Å². The summed E-state index contributed by atoms with van der Waals surface area (Å²) in [6, 6.07) is 43.1. The Labute approximate surface area is 272 Å². The van der Waals surface area contributed by atoms with Gasteiger partial charge in [-0.05, 0) is 72.6 Å². The molecule has 46 heavy (non-hydrogen) atoms. The number of aromatic hydroxyl groups is 1. The average Bonchev–Trinajstić information content (AvgIpc) is 3.81. The van der Waals surface area contributed by atoms with Gasteiger partial charge in [0.05, 0.1) is 23.5 Å². The van der Waals surface area contributed by atoms with Gasteiger partial charge in [-0.1, -0.05) is 121 Å². The van der Waals surface area contributed by atoms with Gasteiger partial charge in [0, 0.05) is 13.1 Å². The normalized spacial score (nSPS) is 18.7. The summed E-state index contributed by atoms with van der Waals surface area (Å²) in [7, 11) is 0. The third-order valence-electron chi connectivity index (χ3n) is 10.2. The van der Waals surface area contributed by atoms with Crippen molar-refractivity contribution in [2.45, 2.75) is 55.9 Å². The van der Waals surface area contributed by atoms with Gasteiger partial charge < -0.3 is 25.1 Å². The Morgan fingerprint density at radius 3 is 1.13 bits per heavy atom. The highest BCUT2D eigenvalue weighted by molar-refractivity contribution is 5.76. The number of aryl methyl sites for hydroxylation is 1. The zero-order valence-corrected chi connectivity index (χ0v) is 26.3. The molecule has 0 aromatic heterocycles. The van der Waals surface area contributed by atoms with Gasteiger partial charge in [0.1, 0.15) is 11.2 Å². The summed E-state index contributed by atoms with van der Waals surface area (Å²) in [5.74, 6) is 0.191. The maximum absolute atomic E-state index is 12.8. The number of nitrogens with zero attached hydrogens (tertiary/aromatic N) is 2. The predicted molar refractivity (Wildman–Crippen MR) is 185 cm³/mol. The van der Waals surface area contributed by atoms with Crippen molar-refractivity contribution >= 4 is 11.4 Å². The zero-order valence-electron chi connectivity index (χ0n) is 26.3. The van der Waals surface area contributed by atoms with Crippen molar-refractivity contribution < 1.29 is 15.3 Å². The van der Waals surface area contributed by atoms with E-state index in [9.17, 15) is 15.3 Å². The highest BCUT2D eigenvalue weighted by Gasteiger charge is 2.48. The summed E-state index contributed by atoms with van der Waals surface area (Å²) in [5.41, 5.74) is 3.22. The molecule has 2 aliphatic heterocycles. The van der Waals surface area contributed by atoms with Crippen molar-refractivity contribution in [3.05, 3.63) is 161 Å². The Hall–Kier alpha value is -4.58. The molecular weight excluding hydrogens is 568 g/mol. The van der Waals surface area contributed by atoms with Gasteiger partial charge in [0.25, 0.3) is 0 Å². The van der Waals surface area contributed by atoms with Crippen LogP contribution in [0, 0.1) is 6.92 Å². The summed E-state index contributed by atoms with van der Waals surface area (Å²) in [6.07, 6.45) is 3.33. The van der Waals surface area contributed by atoms with E-state index in [1.165, 1.54) is 0 Å². The van der Waals surface area contributed by atoms with Crippen LogP contribution in [0.25, 0.3) is 0 Å². The Morgan fingerprint density at radius 1 is 0.522 bits per heavy atom. The van der Waals surface area contributed by atoms with E-state index in [1.54, 1.807) is 0 Å². The summed E-state index contributed by atoms with van der Waals surface area (Å²) in [4.78, 5) is 4.41. The first kappa shape index (κ1) is 30.1. The number of aliphatic hydroxyl groups is 2.